The molecular weight excluding hydrogens is 192 g/mol. The highest BCUT2D eigenvalue weighted by molar-refractivity contribution is 6.22. The highest BCUT2D eigenvalue weighted by Gasteiger charge is 2.35. The third-order valence-electron chi connectivity index (χ3n) is 2.54. The number of fused-ring (bicyclic) bond motifs is 1. The Hall–Kier alpha value is -1.68. The second kappa shape index (κ2) is 3.47. The number of amidine groups is 1. The topological polar surface area (TPSA) is 64.4 Å². The van der Waals surface area contributed by atoms with E-state index in [1.165, 1.54) is 0 Å². The van der Waals surface area contributed by atoms with Crippen LogP contribution in [0.15, 0.2) is 24.3 Å². The molecule has 1 unspecified atom stereocenters. The number of hydrogen-bond acceptors (Lipinski definition) is 3. The van der Waals surface area contributed by atoms with Gasteiger partial charge in [-0.2, -0.15) is 0 Å². The number of carbonyl (C=O) groups is 1. The van der Waals surface area contributed by atoms with Crippen molar-refractivity contribution >= 4 is 11.7 Å². The lowest BCUT2D eigenvalue weighted by Crippen LogP contribution is -2.39. The first kappa shape index (κ1) is 9.86. The molecule has 15 heavy (non-hydrogen) atoms. The van der Waals surface area contributed by atoms with Gasteiger partial charge in [-0.1, -0.05) is 25.1 Å². The molecule has 1 aliphatic rings. The van der Waals surface area contributed by atoms with Gasteiger partial charge in [-0.3, -0.25) is 15.1 Å². The average Bonchev–Trinajstić information content (AvgIpc) is 2.52. The summed E-state index contributed by atoms with van der Waals surface area (Å²) < 4.78 is 0. The molecule has 1 heterocycles. The Labute approximate surface area is 87.7 Å². The molecule has 1 amide bonds. The van der Waals surface area contributed by atoms with Crippen LogP contribution in [0.4, 0.5) is 0 Å². The molecule has 4 nitrogen and oxygen atoms in total. The number of aliphatic hydroxyl groups is 1. The van der Waals surface area contributed by atoms with E-state index in [-0.39, 0.29) is 11.7 Å². The lowest BCUT2D eigenvalue weighted by molar-refractivity contribution is 0.0391. The number of hydrogen-bond donors (Lipinski definition) is 2. The van der Waals surface area contributed by atoms with E-state index in [2.05, 4.69) is 0 Å². The molecule has 1 aromatic carbocycles. The summed E-state index contributed by atoms with van der Waals surface area (Å²) in [7, 11) is 0. The molecule has 0 fully saturated rings. The van der Waals surface area contributed by atoms with Gasteiger partial charge in [-0.25, -0.2) is 0 Å². The Bertz CT molecular complexity index is 393. The Balaban J connectivity index is 2.45. The van der Waals surface area contributed by atoms with Crippen LogP contribution in [0.1, 0.15) is 29.3 Å². The van der Waals surface area contributed by atoms with Gasteiger partial charge in [0.1, 0.15) is 12.1 Å². The van der Waals surface area contributed by atoms with Crippen LogP contribution in [-0.2, 0) is 0 Å². The van der Waals surface area contributed by atoms with E-state index in [0.29, 0.717) is 17.5 Å². The zero-order chi connectivity index (χ0) is 11.0. The SMILES string of the molecule is CCC(O)N1C(=N)c2ccccc2C1=O. The third-order valence-corrected chi connectivity index (χ3v) is 2.54. The Kier molecular flexibility index (Phi) is 2.28. The van der Waals surface area contributed by atoms with Crippen LogP contribution in [-0.4, -0.2) is 28.0 Å². The van der Waals surface area contributed by atoms with Crippen LogP contribution < -0.4 is 0 Å². The number of amides is 1. The van der Waals surface area contributed by atoms with Gasteiger partial charge in [0.2, 0.25) is 0 Å². The van der Waals surface area contributed by atoms with Gasteiger partial charge in [0.25, 0.3) is 5.91 Å². The zero-order valence-corrected chi connectivity index (χ0v) is 8.40. The molecule has 1 atom stereocenters. The van der Waals surface area contributed by atoms with Crippen LogP contribution in [0.2, 0.25) is 0 Å². The summed E-state index contributed by atoms with van der Waals surface area (Å²) in [4.78, 5) is 13.0. The standard InChI is InChI=1S/C11H12N2O2/c1-2-9(14)13-10(12)7-5-3-4-6-8(7)11(13)15/h3-6,9,12,14H,2H2,1H3. The molecule has 2 N–H and O–H groups in total. The van der Waals surface area contributed by atoms with Gasteiger partial charge in [-0.05, 0) is 12.5 Å². The number of nitrogens with zero attached hydrogens (tertiary/aromatic N) is 1. The van der Waals surface area contributed by atoms with E-state index in [1.807, 2.05) is 0 Å². The average molecular weight is 204 g/mol. The predicted octanol–water partition coefficient (Wildman–Crippen LogP) is 1.20. The molecule has 4 heteroatoms. The summed E-state index contributed by atoms with van der Waals surface area (Å²) in [6, 6.07) is 6.93. The van der Waals surface area contributed by atoms with E-state index in [1.54, 1.807) is 31.2 Å². The second-order valence-electron chi connectivity index (χ2n) is 3.46. The Morgan fingerprint density at radius 2 is 2.00 bits per heavy atom. The number of carbonyl (C=O) groups excluding carboxylic acids is 1. The molecular formula is C11H12N2O2. The number of benzene rings is 1. The highest BCUT2D eigenvalue weighted by atomic mass is 16.3. The van der Waals surface area contributed by atoms with Crippen LogP contribution in [0.5, 0.6) is 0 Å². The lowest BCUT2D eigenvalue weighted by Gasteiger charge is -2.21. The minimum Gasteiger partial charge on any atom is -0.373 e. The van der Waals surface area contributed by atoms with Crippen molar-refractivity contribution in [3.8, 4) is 0 Å². The maximum Gasteiger partial charge on any atom is 0.262 e. The quantitative estimate of drug-likeness (QED) is 0.760. The van der Waals surface area contributed by atoms with Crippen molar-refractivity contribution in [3.05, 3.63) is 35.4 Å². The Morgan fingerprint density at radius 3 is 2.53 bits per heavy atom. The molecule has 0 aromatic heterocycles. The van der Waals surface area contributed by atoms with Crippen molar-refractivity contribution in [2.75, 3.05) is 0 Å². The van der Waals surface area contributed by atoms with Crippen molar-refractivity contribution in [1.29, 1.82) is 5.41 Å². The molecule has 0 aliphatic carbocycles. The van der Waals surface area contributed by atoms with Gasteiger partial charge >= 0.3 is 0 Å². The summed E-state index contributed by atoms with van der Waals surface area (Å²) in [6.07, 6.45) is -0.486. The molecule has 1 aliphatic heterocycles. The molecule has 0 saturated heterocycles. The zero-order valence-electron chi connectivity index (χ0n) is 8.40. The first-order valence-corrected chi connectivity index (χ1v) is 4.86. The maximum absolute atomic E-state index is 11.8. The van der Waals surface area contributed by atoms with Crippen molar-refractivity contribution in [1.82, 2.24) is 4.90 Å². The van der Waals surface area contributed by atoms with Crippen molar-refractivity contribution in [2.24, 2.45) is 0 Å². The summed E-state index contributed by atoms with van der Waals surface area (Å²) in [5.74, 6) is -0.199. The molecule has 0 saturated carbocycles. The molecule has 0 radical (unpaired) electrons. The minimum atomic E-state index is -0.905. The fraction of sp³-hybridized carbons (Fsp3) is 0.273. The van der Waals surface area contributed by atoms with Crippen molar-refractivity contribution in [3.63, 3.8) is 0 Å². The van der Waals surface area contributed by atoms with E-state index in [0.717, 1.165) is 4.90 Å². The first-order chi connectivity index (χ1) is 7.16. The van der Waals surface area contributed by atoms with E-state index >= 15 is 0 Å². The summed E-state index contributed by atoms with van der Waals surface area (Å²) in [6.45, 7) is 1.77. The number of nitrogens with one attached hydrogen (secondary N) is 1. The van der Waals surface area contributed by atoms with Gasteiger partial charge in [0.15, 0.2) is 0 Å². The third kappa shape index (κ3) is 1.34. The van der Waals surface area contributed by atoms with Crippen molar-refractivity contribution in [2.45, 2.75) is 19.6 Å². The minimum absolute atomic E-state index is 0.0879. The van der Waals surface area contributed by atoms with E-state index in [9.17, 15) is 9.90 Å². The number of rotatable bonds is 2. The largest absolute Gasteiger partial charge is 0.373 e. The highest BCUT2D eigenvalue weighted by Crippen LogP contribution is 2.24. The maximum atomic E-state index is 11.8. The molecule has 0 spiro atoms. The molecule has 1 aromatic rings. The summed E-state index contributed by atoms with van der Waals surface area (Å²) in [5.41, 5.74) is 1.09. The molecule has 0 bridgehead atoms. The number of aliphatic hydroxyl groups excluding tert-OH is 1. The van der Waals surface area contributed by atoms with Crippen LogP contribution in [0.25, 0.3) is 0 Å². The van der Waals surface area contributed by atoms with Crippen molar-refractivity contribution < 1.29 is 9.90 Å². The Morgan fingerprint density at radius 1 is 1.40 bits per heavy atom. The summed E-state index contributed by atoms with van der Waals surface area (Å²) in [5, 5.41) is 17.4. The normalized spacial score (nSPS) is 16.8. The van der Waals surface area contributed by atoms with Crippen LogP contribution >= 0.6 is 0 Å². The van der Waals surface area contributed by atoms with Gasteiger partial charge in [0.05, 0.1) is 5.56 Å². The van der Waals surface area contributed by atoms with E-state index in [4.69, 9.17) is 5.41 Å². The van der Waals surface area contributed by atoms with Gasteiger partial charge in [0, 0.05) is 5.56 Å². The van der Waals surface area contributed by atoms with Crippen LogP contribution in [0.3, 0.4) is 0 Å². The fourth-order valence-electron chi connectivity index (χ4n) is 1.70. The second-order valence-corrected chi connectivity index (χ2v) is 3.46. The predicted molar refractivity (Wildman–Crippen MR) is 55.7 cm³/mol. The first-order valence-electron chi connectivity index (χ1n) is 4.86. The molecule has 78 valence electrons. The van der Waals surface area contributed by atoms with Gasteiger partial charge < -0.3 is 5.11 Å². The summed E-state index contributed by atoms with van der Waals surface area (Å²) >= 11 is 0. The monoisotopic (exact) mass is 204 g/mol. The van der Waals surface area contributed by atoms with Gasteiger partial charge in [-0.15, -0.1) is 0 Å². The lowest BCUT2D eigenvalue weighted by atomic mass is 10.1. The van der Waals surface area contributed by atoms with Crippen LogP contribution in [0, 0.1) is 5.41 Å². The smallest absolute Gasteiger partial charge is 0.262 e. The molecule has 2 rings (SSSR count). The fourth-order valence-corrected chi connectivity index (χ4v) is 1.70. The van der Waals surface area contributed by atoms with E-state index < -0.39 is 6.23 Å².